The molecule has 1 heterocycles. The van der Waals surface area contributed by atoms with Gasteiger partial charge in [0.1, 0.15) is 0 Å². The van der Waals surface area contributed by atoms with Gasteiger partial charge < -0.3 is 5.32 Å². The summed E-state index contributed by atoms with van der Waals surface area (Å²) in [5.41, 5.74) is 1.96. The Balaban J connectivity index is 1.60. The van der Waals surface area contributed by atoms with Crippen LogP contribution in [0.5, 0.6) is 0 Å². The standard InChI is InChI=1S/C16H24BrNS/c1-9-5-12(19-15(9)17)8-18-14-7-11-6-13(10(14)2)16(11,3)4/h5,10-11,13-14,18H,6-8H2,1-4H3/t10-,11?,13-,14-/m1/s1. The number of hydrogen-bond donors (Lipinski definition) is 1. The summed E-state index contributed by atoms with van der Waals surface area (Å²) in [4.78, 5) is 1.45. The van der Waals surface area contributed by atoms with Crippen molar-refractivity contribution in [1.82, 2.24) is 5.32 Å². The van der Waals surface area contributed by atoms with Gasteiger partial charge in [-0.2, -0.15) is 0 Å². The summed E-state index contributed by atoms with van der Waals surface area (Å²) in [5, 5.41) is 3.82. The van der Waals surface area contributed by atoms with E-state index in [1.807, 2.05) is 11.3 Å². The predicted octanol–water partition coefficient (Wildman–Crippen LogP) is 4.98. The number of fused-ring (bicyclic) bond motifs is 2. The lowest BCUT2D eigenvalue weighted by atomic mass is 9.45. The van der Waals surface area contributed by atoms with Crippen LogP contribution in [0.1, 0.15) is 44.1 Å². The Morgan fingerprint density at radius 1 is 1.42 bits per heavy atom. The third-order valence-electron chi connectivity index (χ3n) is 5.80. The molecule has 1 aromatic rings. The monoisotopic (exact) mass is 341 g/mol. The van der Waals surface area contributed by atoms with E-state index in [1.54, 1.807) is 0 Å². The molecule has 1 aromatic heterocycles. The highest BCUT2D eigenvalue weighted by Gasteiger charge is 2.55. The average Bonchev–Trinajstić information content (AvgIpc) is 2.66. The fraction of sp³-hybridized carbons (Fsp3) is 0.750. The first kappa shape index (κ1) is 14.1. The second-order valence-corrected chi connectivity index (χ2v) is 9.57. The molecule has 2 bridgehead atoms. The zero-order valence-corrected chi connectivity index (χ0v) is 14.7. The third kappa shape index (κ3) is 2.32. The Morgan fingerprint density at radius 3 is 2.68 bits per heavy atom. The number of nitrogens with one attached hydrogen (secondary N) is 1. The van der Waals surface area contributed by atoms with E-state index < -0.39 is 0 Å². The van der Waals surface area contributed by atoms with Crippen LogP contribution >= 0.6 is 27.3 Å². The number of rotatable bonds is 3. The molecule has 0 aromatic carbocycles. The van der Waals surface area contributed by atoms with Crippen molar-refractivity contribution >= 4 is 27.3 Å². The number of hydrogen-bond acceptors (Lipinski definition) is 2. The van der Waals surface area contributed by atoms with Crippen molar-refractivity contribution in [3.05, 3.63) is 20.3 Å². The first-order valence-electron chi connectivity index (χ1n) is 7.37. The van der Waals surface area contributed by atoms with Crippen molar-refractivity contribution in [1.29, 1.82) is 0 Å². The molecule has 4 atom stereocenters. The van der Waals surface area contributed by atoms with Crippen LogP contribution in [0, 0.1) is 30.1 Å². The number of aryl methyl sites for hydroxylation is 1. The second-order valence-electron chi connectivity index (χ2n) is 7.11. The molecule has 1 nitrogen and oxygen atoms in total. The van der Waals surface area contributed by atoms with Gasteiger partial charge >= 0.3 is 0 Å². The molecule has 19 heavy (non-hydrogen) atoms. The minimum absolute atomic E-state index is 0.597. The predicted molar refractivity (Wildman–Crippen MR) is 86.5 cm³/mol. The van der Waals surface area contributed by atoms with Gasteiger partial charge in [-0.1, -0.05) is 20.8 Å². The highest BCUT2D eigenvalue weighted by Crippen LogP contribution is 2.61. The third-order valence-corrected chi connectivity index (χ3v) is 7.94. The van der Waals surface area contributed by atoms with Gasteiger partial charge in [-0.25, -0.2) is 0 Å². The second kappa shape index (κ2) is 4.85. The lowest BCUT2D eigenvalue weighted by molar-refractivity contribution is -0.115. The maximum Gasteiger partial charge on any atom is 0.0730 e. The topological polar surface area (TPSA) is 12.0 Å². The van der Waals surface area contributed by atoms with E-state index in [9.17, 15) is 0 Å². The molecular weight excluding hydrogens is 318 g/mol. The van der Waals surface area contributed by atoms with Gasteiger partial charge in [0.25, 0.3) is 0 Å². The summed E-state index contributed by atoms with van der Waals surface area (Å²) in [6.07, 6.45) is 2.84. The van der Waals surface area contributed by atoms with Gasteiger partial charge in [0.05, 0.1) is 3.79 Å². The zero-order chi connectivity index (χ0) is 13.8. The lowest BCUT2D eigenvalue weighted by Crippen LogP contribution is -2.59. The molecule has 3 heteroatoms. The van der Waals surface area contributed by atoms with Gasteiger partial charge in [-0.3, -0.25) is 0 Å². The summed E-state index contributed by atoms with van der Waals surface area (Å²) in [6.45, 7) is 10.6. The number of thiophene rings is 1. The van der Waals surface area contributed by atoms with E-state index >= 15 is 0 Å². The SMILES string of the molecule is Cc1cc(CN[C@@H]2CC3C[C@H]([C@H]2C)C3(C)C)sc1Br. The average molecular weight is 342 g/mol. The van der Waals surface area contributed by atoms with Crippen LogP contribution in [-0.2, 0) is 6.54 Å². The molecule has 4 rings (SSSR count). The lowest BCUT2D eigenvalue weighted by Gasteiger charge is -2.62. The van der Waals surface area contributed by atoms with E-state index in [0.29, 0.717) is 5.41 Å². The minimum atomic E-state index is 0.597. The van der Waals surface area contributed by atoms with E-state index in [1.165, 1.54) is 27.1 Å². The zero-order valence-electron chi connectivity index (χ0n) is 12.3. The van der Waals surface area contributed by atoms with Gasteiger partial charge in [0, 0.05) is 17.5 Å². The van der Waals surface area contributed by atoms with Gasteiger partial charge in [0.2, 0.25) is 0 Å². The van der Waals surface area contributed by atoms with Crippen molar-refractivity contribution in [2.75, 3.05) is 0 Å². The molecule has 0 saturated heterocycles. The van der Waals surface area contributed by atoms with Crippen molar-refractivity contribution in [3.63, 3.8) is 0 Å². The molecule has 1 N–H and O–H groups in total. The Labute approximate surface area is 129 Å². The van der Waals surface area contributed by atoms with Crippen molar-refractivity contribution in [3.8, 4) is 0 Å². The van der Waals surface area contributed by atoms with Crippen molar-refractivity contribution in [2.45, 2.75) is 53.1 Å². The summed E-state index contributed by atoms with van der Waals surface area (Å²) >= 11 is 5.49. The molecule has 0 amide bonds. The van der Waals surface area contributed by atoms with E-state index in [2.05, 4.69) is 55.0 Å². The summed E-state index contributed by atoms with van der Waals surface area (Å²) in [7, 11) is 0. The quantitative estimate of drug-likeness (QED) is 0.817. The molecule has 0 spiro atoms. The summed E-state index contributed by atoms with van der Waals surface area (Å²) in [6, 6.07) is 3.03. The maximum atomic E-state index is 3.82. The fourth-order valence-corrected chi connectivity index (χ4v) is 5.84. The Bertz CT molecular complexity index is 460. The van der Waals surface area contributed by atoms with Crippen LogP contribution in [0.2, 0.25) is 0 Å². The summed E-state index contributed by atoms with van der Waals surface area (Å²) < 4.78 is 1.28. The highest BCUT2D eigenvalue weighted by atomic mass is 79.9. The summed E-state index contributed by atoms with van der Waals surface area (Å²) in [5.74, 6) is 2.70. The smallest absolute Gasteiger partial charge is 0.0730 e. The van der Waals surface area contributed by atoms with Crippen LogP contribution in [0.3, 0.4) is 0 Å². The molecule has 0 radical (unpaired) electrons. The Kier molecular flexibility index (Phi) is 3.60. The van der Waals surface area contributed by atoms with Gasteiger partial charge in [-0.15, -0.1) is 11.3 Å². The van der Waals surface area contributed by atoms with Crippen LogP contribution in [0.15, 0.2) is 9.85 Å². The molecule has 0 aliphatic heterocycles. The Morgan fingerprint density at radius 2 is 2.16 bits per heavy atom. The molecule has 3 saturated carbocycles. The maximum absolute atomic E-state index is 3.82. The molecule has 106 valence electrons. The number of halogens is 1. The van der Waals surface area contributed by atoms with Crippen molar-refractivity contribution in [2.24, 2.45) is 23.2 Å². The van der Waals surface area contributed by atoms with Gasteiger partial charge in [0.15, 0.2) is 0 Å². The van der Waals surface area contributed by atoms with Crippen molar-refractivity contribution < 1.29 is 0 Å². The van der Waals surface area contributed by atoms with Crippen LogP contribution in [0.4, 0.5) is 0 Å². The molecule has 3 aliphatic rings. The van der Waals surface area contributed by atoms with E-state index in [-0.39, 0.29) is 0 Å². The van der Waals surface area contributed by atoms with E-state index in [4.69, 9.17) is 0 Å². The molecule has 1 unspecified atom stereocenters. The molecule has 3 aliphatic carbocycles. The highest BCUT2D eigenvalue weighted by molar-refractivity contribution is 9.11. The first-order chi connectivity index (χ1) is 8.89. The fourth-order valence-electron chi connectivity index (χ4n) is 4.26. The van der Waals surface area contributed by atoms with E-state index in [0.717, 1.165) is 30.3 Å². The largest absolute Gasteiger partial charge is 0.309 e. The Hall–Kier alpha value is 0.140. The van der Waals surface area contributed by atoms with Crippen LogP contribution in [0.25, 0.3) is 0 Å². The molecule has 3 fully saturated rings. The normalized spacial score (nSPS) is 36.1. The van der Waals surface area contributed by atoms with Crippen LogP contribution in [-0.4, -0.2) is 6.04 Å². The molecular formula is C16H24BrNS. The van der Waals surface area contributed by atoms with Gasteiger partial charge in [-0.05, 0) is 70.5 Å². The van der Waals surface area contributed by atoms with Crippen LogP contribution < -0.4 is 5.32 Å². The first-order valence-corrected chi connectivity index (χ1v) is 8.98. The minimum Gasteiger partial charge on any atom is -0.309 e.